The van der Waals surface area contributed by atoms with Crippen LogP contribution in [0, 0.1) is 6.58 Å². The van der Waals surface area contributed by atoms with Crippen LogP contribution in [0.15, 0.2) is 36.4 Å². The summed E-state index contributed by atoms with van der Waals surface area (Å²) in [5.41, 5.74) is 1.26. The summed E-state index contributed by atoms with van der Waals surface area (Å²) < 4.78 is 0. The van der Waals surface area contributed by atoms with Crippen LogP contribution in [0.2, 0.25) is 0 Å². The van der Waals surface area contributed by atoms with E-state index in [0.717, 1.165) is 6.42 Å². The number of allylic oxidation sites excluding steroid dienone is 1. The Morgan fingerprint density at radius 3 is 2.44 bits per heavy atom. The Hall–Kier alpha value is -1.04. The Morgan fingerprint density at radius 1 is 1.22 bits per heavy atom. The quantitative estimate of drug-likeness (QED) is 0.557. The first kappa shape index (κ1) is 6.09. The van der Waals surface area contributed by atoms with Crippen LogP contribution in [-0.2, 0) is 6.42 Å². The van der Waals surface area contributed by atoms with E-state index < -0.39 is 0 Å². The molecular weight excluding hydrogens is 108 g/mol. The highest BCUT2D eigenvalue weighted by Crippen LogP contribution is 1.98. The predicted octanol–water partition coefficient (Wildman–Crippen LogP) is 2.22. The van der Waals surface area contributed by atoms with Crippen molar-refractivity contribution in [1.82, 2.24) is 0 Å². The van der Waals surface area contributed by atoms with Gasteiger partial charge in [0.15, 0.2) is 0 Å². The van der Waals surface area contributed by atoms with Gasteiger partial charge in [-0.1, -0.05) is 43.0 Å². The maximum atomic E-state index is 5.24. The third-order valence-electron chi connectivity index (χ3n) is 1.20. The molecule has 0 nitrogen and oxygen atoms in total. The number of rotatable bonds is 2. The van der Waals surface area contributed by atoms with Crippen LogP contribution in [0.5, 0.6) is 0 Å². The van der Waals surface area contributed by atoms with Gasteiger partial charge in [0, 0.05) is 0 Å². The summed E-state index contributed by atoms with van der Waals surface area (Å²) >= 11 is 0. The minimum atomic E-state index is 0.862. The van der Waals surface area contributed by atoms with Gasteiger partial charge in [0.05, 0.1) is 0 Å². The monoisotopic (exact) mass is 117 g/mol. The van der Waals surface area contributed by atoms with E-state index >= 15 is 0 Å². The van der Waals surface area contributed by atoms with Gasteiger partial charge in [-0.15, -0.1) is 0 Å². The van der Waals surface area contributed by atoms with Gasteiger partial charge in [-0.05, 0) is 12.0 Å². The van der Waals surface area contributed by atoms with Crippen molar-refractivity contribution in [2.45, 2.75) is 6.42 Å². The fraction of sp³-hybridized carbons (Fsp3) is 0.111. The fourth-order valence-electron chi connectivity index (χ4n) is 0.750. The number of benzene rings is 1. The molecule has 0 atom stereocenters. The van der Waals surface area contributed by atoms with Crippen molar-refractivity contribution in [3.05, 3.63) is 48.6 Å². The summed E-state index contributed by atoms with van der Waals surface area (Å²) in [6.07, 6.45) is 2.52. The zero-order valence-electron chi connectivity index (χ0n) is 5.25. The van der Waals surface area contributed by atoms with Crippen molar-refractivity contribution >= 4 is 0 Å². The minimum absolute atomic E-state index is 0.862. The molecule has 1 aromatic carbocycles. The minimum Gasteiger partial charge on any atom is -0.0801 e. The average Bonchev–Trinajstić information content (AvgIpc) is 1.91. The Bertz CT molecular complexity index is 174. The molecule has 0 amide bonds. The standard InChI is InChI=1S/C9H9/c1-2-6-9-7-4-3-5-8-9/h1-5,7-8H,6H2. The van der Waals surface area contributed by atoms with Gasteiger partial charge in [0.2, 0.25) is 0 Å². The largest absolute Gasteiger partial charge is 0.0801 e. The second kappa shape index (κ2) is 3.08. The van der Waals surface area contributed by atoms with Crippen LogP contribution >= 0.6 is 0 Å². The van der Waals surface area contributed by atoms with E-state index in [1.807, 2.05) is 18.2 Å². The van der Waals surface area contributed by atoms with Crippen molar-refractivity contribution in [3.8, 4) is 0 Å². The molecule has 1 radical (unpaired) electrons. The molecule has 9 heavy (non-hydrogen) atoms. The van der Waals surface area contributed by atoms with Crippen LogP contribution < -0.4 is 0 Å². The van der Waals surface area contributed by atoms with E-state index in [0.29, 0.717) is 0 Å². The van der Waals surface area contributed by atoms with Crippen LogP contribution in [0.25, 0.3) is 0 Å². The van der Waals surface area contributed by atoms with Crippen molar-refractivity contribution in [1.29, 1.82) is 0 Å². The Labute approximate surface area is 55.8 Å². The van der Waals surface area contributed by atoms with Crippen molar-refractivity contribution in [2.75, 3.05) is 0 Å². The lowest BCUT2D eigenvalue weighted by molar-refractivity contribution is 1.27. The second-order valence-corrected chi connectivity index (χ2v) is 1.93. The lowest BCUT2D eigenvalue weighted by atomic mass is 10.2. The van der Waals surface area contributed by atoms with Gasteiger partial charge >= 0.3 is 0 Å². The molecule has 0 heteroatoms. The third kappa shape index (κ3) is 1.73. The smallest absolute Gasteiger partial charge is 0.00943 e. The predicted molar refractivity (Wildman–Crippen MR) is 39.0 cm³/mol. The summed E-state index contributed by atoms with van der Waals surface area (Å²) in [4.78, 5) is 0. The van der Waals surface area contributed by atoms with E-state index in [9.17, 15) is 0 Å². The molecule has 0 fully saturated rings. The molecule has 0 spiro atoms. The second-order valence-electron chi connectivity index (χ2n) is 1.93. The van der Waals surface area contributed by atoms with Crippen LogP contribution in [0.3, 0.4) is 0 Å². The molecule has 0 unspecified atom stereocenters. The zero-order chi connectivity index (χ0) is 6.53. The molecular formula is C9H9. The van der Waals surface area contributed by atoms with E-state index in [4.69, 9.17) is 6.58 Å². The zero-order valence-corrected chi connectivity index (χ0v) is 5.25. The van der Waals surface area contributed by atoms with Gasteiger partial charge in [0.25, 0.3) is 0 Å². The number of hydrogen-bond acceptors (Lipinski definition) is 0. The highest BCUT2D eigenvalue weighted by Gasteiger charge is 1.82. The van der Waals surface area contributed by atoms with Crippen molar-refractivity contribution < 1.29 is 0 Å². The van der Waals surface area contributed by atoms with Gasteiger partial charge in [-0.25, -0.2) is 0 Å². The lowest BCUT2D eigenvalue weighted by Crippen LogP contribution is -1.75. The Kier molecular flexibility index (Phi) is 2.08. The first-order chi connectivity index (χ1) is 4.43. The molecule has 0 saturated carbocycles. The molecule has 45 valence electrons. The normalized spacial score (nSPS) is 8.89. The van der Waals surface area contributed by atoms with E-state index in [2.05, 4.69) is 12.1 Å². The molecule has 0 heterocycles. The van der Waals surface area contributed by atoms with Crippen LogP contribution in [0.4, 0.5) is 0 Å². The van der Waals surface area contributed by atoms with Gasteiger partial charge in [-0.3, -0.25) is 0 Å². The summed E-state index contributed by atoms with van der Waals surface area (Å²) in [6.45, 7) is 5.24. The third-order valence-corrected chi connectivity index (χ3v) is 1.20. The van der Waals surface area contributed by atoms with Gasteiger partial charge in [0.1, 0.15) is 0 Å². The molecule has 0 aliphatic carbocycles. The fourth-order valence-corrected chi connectivity index (χ4v) is 0.750. The maximum absolute atomic E-state index is 5.24. The Morgan fingerprint density at radius 2 is 1.89 bits per heavy atom. The highest BCUT2D eigenvalue weighted by atomic mass is 13.9. The molecule has 0 aliphatic heterocycles. The summed E-state index contributed by atoms with van der Waals surface area (Å²) in [7, 11) is 0. The topological polar surface area (TPSA) is 0 Å². The van der Waals surface area contributed by atoms with E-state index in [-0.39, 0.29) is 0 Å². The van der Waals surface area contributed by atoms with E-state index in [1.165, 1.54) is 5.56 Å². The average molecular weight is 117 g/mol. The molecule has 0 N–H and O–H groups in total. The summed E-state index contributed by atoms with van der Waals surface area (Å²) in [6, 6.07) is 10.1. The van der Waals surface area contributed by atoms with Crippen LogP contribution in [-0.4, -0.2) is 0 Å². The van der Waals surface area contributed by atoms with Gasteiger partial charge < -0.3 is 0 Å². The molecule has 0 aliphatic rings. The Balaban J connectivity index is 2.72. The van der Waals surface area contributed by atoms with Gasteiger partial charge in [-0.2, -0.15) is 0 Å². The summed E-state index contributed by atoms with van der Waals surface area (Å²) in [5, 5.41) is 0. The molecule has 1 aromatic rings. The first-order valence-corrected chi connectivity index (χ1v) is 3.01. The molecule has 0 aromatic heterocycles. The molecule has 0 saturated heterocycles. The lowest BCUT2D eigenvalue weighted by Gasteiger charge is -1.91. The first-order valence-electron chi connectivity index (χ1n) is 3.01. The van der Waals surface area contributed by atoms with E-state index in [1.54, 1.807) is 6.08 Å². The number of hydrogen-bond donors (Lipinski definition) is 0. The molecule has 1 rings (SSSR count). The van der Waals surface area contributed by atoms with Crippen molar-refractivity contribution in [3.63, 3.8) is 0 Å². The van der Waals surface area contributed by atoms with Crippen molar-refractivity contribution in [2.24, 2.45) is 0 Å². The highest BCUT2D eigenvalue weighted by molar-refractivity contribution is 5.16. The maximum Gasteiger partial charge on any atom is -0.00943 e. The molecule has 0 bridgehead atoms. The SMILES string of the molecule is [CH]=CCc1ccccc1. The summed E-state index contributed by atoms with van der Waals surface area (Å²) in [5.74, 6) is 0. The van der Waals surface area contributed by atoms with Crippen LogP contribution in [0.1, 0.15) is 5.56 Å².